The monoisotopic (exact) mass is 426 g/mol. The molecule has 0 spiro atoms. The van der Waals surface area contributed by atoms with Crippen LogP contribution in [0.4, 0.5) is 8.78 Å². The number of halogens is 2. The fourth-order valence-corrected chi connectivity index (χ4v) is 6.48. The van der Waals surface area contributed by atoms with Crippen molar-refractivity contribution in [1.82, 2.24) is 9.21 Å². The molecular formula is C20H24F2N2O4S. The number of hydrogen-bond donors (Lipinski definition) is 0. The Morgan fingerprint density at radius 2 is 1.52 bits per heavy atom. The van der Waals surface area contributed by atoms with Crippen molar-refractivity contribution in [2.24, 2.45) is 17.8 Å². The summed E-state index contributed by atoms with van der Waals surface area (Å²) in [7, 11) is -4.32. The van der Waals surface area contributed by atoms with Crippen LogP contribution < -0.4 is 0 Å². The lowest BCUT2D eigenvalue weighted by Crippen LogP contribution is -2.53. The number of nitrogens with zero attached hydrogens (tertiary/aromatic N) is 2. The van der Waals surface area contributed by atoms with Gasteiger partial charge < -0.3 is 4.90 Å². The Morgan fingerprint density at radius 1 is 0.966 bits per heavy atom. The summed E-state index contributed by atoms with van der Waals surface area (Å²) >= 11 is 0. The summed E-state index contributed by atoms with van der Waals surface area (Å²) in [6.45, 7) is 0.322. The van der Waals surface area contributed by atoms with Crippen molar-refractivity contribution in [3.8, 4) is 0 Å². The van der Waals surface area contributed by atoms with Crippen molar-refractivity contribution in [3.63, 3.8) is 0 Å². The molecule has 158 valence electrons. The molecule has 9 heteroatoms. The molecule has 1 saturated heterocycles. The second-order valence-electron chi connectivity index (χ2n) is 8.18. The van der Waals surface area contributed by atoms with Crippen LogP contribution in [0.3, 0.4) is 0 Å². The zero-order valence-corrected chi connectivity index (χ0v) is 16.8. The molecule has 2 aliphatic carbocycles. The second-order valence-corrected chi connectivity index (χ2v) is 10.1. The van der Waals surface area contributed by atoms with Crippen LogP contribution in [0.1, 0.15) is 32.1 Å². The zero-order valence-electron chi connectivity index (χ0n) is 16.0. The van der Waals surface area contributed by atoms with E-state index in [0.29, 0.717) is 18.6 Å². The van der Waals surface area contributed by atoms with Crippen LogP contribution in [-0.4, -0.2) is 55.5 Å². The summed E-state index contributed by atoms with van der Waals surface area (Å²) in [4.78, 5) is 25.9. The molecule has 3 aliphatic rings. The number of carbonyl (C=O) groups is 2. The maximum Gasteiger partial charge on any atom is 0.249 e. The van der Waals surface area contributed by atoms with Gasteiger partial charge in [0, 0.05) is 43.9 Å². The number of rotatable bonds is 3. The molecule has 6 nitrogen and oxygen atoms in total. The third kappa shape index (κ3) is 3.70. The first-order valence-electron chi connectivity index (χ1n) is 10.1. The first-order valence-corrected chi connectivity index (χ1v) is 11.5. The van der Waals surface area contributed by atoms with Gasteiger partial charge in [-0.3, -0.25) is 9.59 Å². The molecule has 0 unspecified atom stereocenters. The van der Waals surface area contributed by atoms with E-state index >= 15 is 0 Å². The van der Waals surface area contributed by atoms with Crippen molar-refractivity contribution >= 4 is 21.7 Å². The molecule has 2 bridgehead atoms. The highest BCUT2D eigenvalue weighted by Crippen LogP contribution is 2.40. The lowest BCUT2D eigenvalue weighted by atomic mass is 9.67. The highest BCUT2D eigenvalue weighted by Gasteiger charge is 2.43. The number of ketones is 1. The molecular weight excluding hydrogens is 402 g/mol. The number of benzene rings is 1. The Kier molecular flexibility index (Phi) is 5.46. The van der Waals surface area contributed by atoms with Gasteiger partial charge >= 0.3 is 0 Å². The van der Waals surface area contributed by atoms with E-state index in [9.17, 15) is 26.8 Å². The predicted molar refractivity (Wildman–Crippen MR) is 100 cm³/mol. The minimum Gasteiger partial charge on any atom is -0.340 e. The van der Waals surface area contributed by atoms with Gasteiger partial charge in [0.25, 0.3) is 0 Å². The average Bonchev–Trinajstić information content (AvgIpc) is 2.67. The maximum absolute atomic E-state index is 14.0. The first kappa shape index (κ1) is 20.4. The molecule has 2 saturated carbocycles. The van der Waals surface area contributed by atoms with Crippen molar-refractivity contribution in [1.29, 1.82) is 0 Å². The standard InChI is InChI=1S/C20H24F2N2O4S/c21-16-5-2-6-17(22)19(16)29(27,28)24-9-7-23(8-10-24)20(26)15-11-13-3-1-4-14(12-15)18(13)25/h2,5-6,13-15H,1,3-4,7-12H2/t13-,14-/m1/s1. The Bertz CT molecular complexity index is 892. The number of carbonyl (C=O) groups excluding carboxylic acids is 2. The number of hydrogen-bond acceptors (Lipinski definition) is 4. The molecule has 0 aromatic heterocycles. The van der Waals surface area contributed by atoms with Crippen LogP contribution in [0.2, 0.25) is 0 Å². The minimum atomic E-state index is -4.32. The average molecular weight is 426 g/mol. The van der Waals surface area contributed by atoms with Crippen LogP contribution in [0.25, 0.3) is 0 Å². The summed E-state index contributed by atoms with van der Waals surface area (Å²) < 4.78 is 54.3. The van der Waals surface area contributed by atoms with Gasteiger partial charge in [0.1, 0.15) is 17.4 Å². The van der Waals surface area contributed by atoms with Crippen LogP contribution >= 0.6 is 0 Å². The first-order chi connectivity index (χ1) is 13.8. The number of Topliss-reactive ketones (excluding diaryl/α,β-unsaturated/α-hetero) is 1. The maximum atomic E-state index is 14.0. The molecule has 29 heavy (non-hydrogen) atoms. The van der Waals surface area contributed by atoms with E-state index in [-0.39, 0.29) is 49.8 Å². The molecule has 1 amide bonds. The smallest absolute Gasteiger partial charge is 0.249 e. The summed E-state index contributed by atoms with van der Waals surface area (Å²) in [5.74, 6) is -2.24. The van der Waals surface area contributed by atoms with Gasteiger partial charge in [-0.05, 0) is 37.8 Å². The fourth-order valence-electron chi connectivity index (χ4n) is 4.95. The third-order valence-corrected chi connectivity index (χ3v) is 8.42. The summed E-state index contributed by atoms with van der Waals surface area (Å²) in [5.41, 5.74) is 0. The van der Waals surface area contributed by atoms with Crippen molar-refractivity contribution in [2.45, 2.75) is 37.0 Å². The van der Waals surface area contributed by atoms with E-state index in [4.69, 9.17) is 0 Å². The topological polar surface area (TPSA) is 74.8 Å². The summed E-state index contributed by atoms with van der Waals surface area (Å²) in [6.07, 6.45) is 3.88. The van der Waals surface area contributed by atoms with E-state index in [1.54, 1.807) is 4.90 Å². The SMILES string of the molecule is O=C1[C@@H]2CCC[C@@H]1CC(C(=O)N1CCN(S(=O)(=O)c3c(F)cccc3F)CC1)C2. The van der Waals surface area contributed by atoms with E-state index in [1.807, 2.05) is 0 Å². The van der Waals surface area contributed by atoms with Gasteiger partial charge in [0.05, 0.1) is 0 Å². The molecule has 1 aliphatic heterocycles. The predicted octanol–water partition coefficient (Wildman–Crippen LogP) is 2.19. The zero-order chi connectivity index (χ0) is 20.8. The van der Waals surface area contributed by atoms with E-state index in [0.717, 1.165) is 41.8 Å². The van der Waals surface area contributed by atoms with Crippen molar-refractivity contribution in [3.05, 3.63) is 29.8 Å². The summed E-state index contributed by atoms with van der Waals surface area (Å²) in [6, 6.07) is 2.94. The Morgan fingerprint density at radius 3 is 2.07 bits per heavy atom. The van der Waals surface area contributed by atoms with Gasteiger partial charge in [-0.2, -0.15) is 4.31 Å². The Labute approximate surface area is 168 Å². The normalized spacial score (nSPS) is 28.4. The molecule has 1 aromatic carbocycles. The van der Waals surface area contributed by atoms with Crippen LogP contribution in [0, 0.1) is 29.4 Å². The molecule has 1 heterocycles. The van der Waals surface area contributed by atoms with E-state index in [2.05, 4.69) is 0 Å². The number of sulfonamides is 1. The molecule has 0 radical (unpaired) electrons. The molecule has 2 atom stereocenters. The Hall–Kier alpha value is -1.87. The van der Waals surface area contributed by atoms with Crippen LogP contribution in [0.15, 0.2) is 23.1 Å². The fraction of sp³-hybridized carbons (Fsp3) is 0.600. The van der Waals surface area contributed by atoms with Gasteiger partial charge in [0.2, 0.25) is 15.9 Å². The lowest BCUT2D eigenvalue weighted by molar-refractivity contribution is -0.144. The third-order valence-electron chi connectivity index (χ3n) is 6.46. The summed E-state index contributed by atoms with van der Waals surface area (Å²) in [5, 5.41) is 0. The molecule has 0 N–H and O–H groups in total. The van der Waals surface area contributed by atoms with Gasteiger partial charge in [-0.25, -0.2) is 17.2 Å². The van der Waals surface area contributed by atoms with E-state index in [1.165, 1.54) is 0 Å². The van der Waals surface area contributed by atoms with E-state index < -0.39 is 26.6 Å². The van der Waals surface area contributed by atoms with Gasteiger partial charge in [0.15, 0.2) is 4.90 Å². The van der Waals surface area contributed by atoms with Crippen LogP contribution in [0.5, 0.6) is 0 Å². The van der Waals surface area contributed by atoms with Gasteiger partial charge in [-0.15, -0.1) is 0 Å². The quantitative estimate of drug-likeness (QED) is 0.743. The largest absolute Gasteiger partial charge is 0.340 e. The second kappa shape index (κ2) is 7.75. The molecule has 4 rings (SSSR count). The highest BCUT2D eigenvalue weighted by atomic mass is 32.2. The highest BCUT2D eigenvalue weighted by molar-refractivity contribution is 7.89. The minimum absolute atomic E-state index is 0.0135. The van der Waals surface area contributed by atoms with Crippen molar-refractivity contribution < 1.29 is 26.8 Å². The molecule has 1 aromatic rings. The lowest BCUT2D eigenvalue weighted by Gasteiger charge is -2.40. The molecule has 3 fully saturated rings. The van der Waals surface area contributed by atoms with Crippen LogP contribution in [-0.2, 0) is 19.6 Å². The number of amides is 1. The number of piperazine rings is 1. The van der Waals surface area contributed by atoms with Gasteiger partial charge in [-0.1, -0.05) is 12.5 Å². The number of fused-ring (bicyclic) bond motifs is 2. The van der Waals surface area contributed by atoms with Crippen molar-refractivity contribution in [2.75, 3.05) is 26.2 Å². The Balaban J connectivity index is 1.42.